The highest BCUT2D eigenvalue weighted by Gasteiger charge is 2.08. The Kier molecular flexibility index (Phi) is 6.86. The monoisotopic (exact) mass is 454 g/mol. The van der Waals surface area contributed by atoms with Crippen molar-refractivity contribution in [3.8, 4) is 0 Å². The first kappa shape index (κ1) is 22.3. The zero-order chi connectivity index (χ0) is 23.2. The summed E-state index contributed by atoms with van der Waals surface area (Å²) in [6.07, 6.45) is 0. The molecule has 0 spiro atoms. The van der Waals surface area contributed by atoms with Crippen LogP contribution in [-0.4, -0.2) is 23.4 Å². The number of carbonyl (C=O) groups excluding carboxylic acids is 3. The summed E-state index contributed by atoms with van der Waals surface area (Å²) >= 11 is 1.40. The molecule has 4 aromatic rings. The molecule has 0 heterocycles. The van der Waals surface area contributed by atoms with Crippen molar-refractivity contribution in [1.82, 2.24) is 0 Å². The number of rotatable bonds is 7. The van der Waals surface area contributed by atoms with Crippen LogP contribution in [0.25, 0.3) is 10.8 Å². The van der Waals surface area contributed by atoms with Gasteiger partial charge in [-0.1, -0.05) is 30.3 Å². The number of thioether (sulfide) groups is 1. The van der Waals surface area contributed by atoms with E-state index >= 15 is 0 Å². The second kappa shape index (κ2) is 10.1. The lowest BCUT2D eigenvalue weighted by molar-refractivity contribution is -0.113. The van der Waals surface area contributed by atoms with Crippen molar-refractivity contribution in [3.63, 3.8) is 0 Å². The first-order valence-electron chi connectivity index (χ1n) is 10.4. The summed E-state index contributed by atoms with van der Waals surface area (Å²) in [5.74, 6) is -0.0713. The van der Waals surface area contributed by atoms with Gasteiger partial charge < -0.3 is 10.6 Å². The van der Waals surface area contributed by atoms with Gasteiger partial charge in [0.05, 0.1) is 5.75 Å². The molecule has 6 heteroatoms. The van der Waals surface area contributed by atoms with E-state index in [-0.39, 0.29) is 23.4 Å². The van der Waals surface area contributed by atoms with Crippen molar-refractivity contribution < 1.29 is 14.4 Å². The molecule has 0 bridgehead atoms. The van der Waals surface area contributed by atoms with Crippen LogP contribution in [0.5, 0.6) is 0 Å². The molecular formula is C27H22N2O3S. The Morgan fingerprint density at radius 1 is 0.697 bits per heavy atom. The second-order valence-corrected chi connectivity index (χ2v) is 8.56. The molecular weight excluding hydrogens is 432 g/mol. The maximum Gasteiger partial charge on any atom is 0.255 e. The minimum atomic E-state index is -0.170. The fourth-order valence-corrected chi connectivity index (χ4v) is 4.00. The quantitative estimate of drug-likeness (QED) is 0.264. The molecule has 0 radical (unpaired) electrons. The SMILES string of the molecule is CC(=O)c1ccc(NC(=O)CSc2ccc(NC(=O)c3ccc4ccccc4c3)cc2)cc1. The maximum atomic E-state index is 12.6. The normalized spacial score (nSPS) is 10.6. The van der Waals surface area contributed by atoms with Crippen LogP contribution in [-0.2, 0) is 4.79 Å². The van der Waals surface area contributed by atoms with Gasteiger partial charge in [-0.25, -0.2) is 0 Å². The Hall–Kier alpha value is -3.90. The van der Waals surface area contributed by atoms with Gasteiger partial charge >= 0.3 is 0 Å². The second-order valence-electron chi connectivity index (χ2n) is 7.51. The molecule has 0 fully saturated rings. The number of amides is 2. The van der Waals surface area contributed by atoms with Crippen LogP contribution in [0.2, 0.25) is 0 Å². The zero-order valence-electron chi connectivity index (χ0n) is 18.0. The van der Waals surface area contributed by atoms with Gasteiger partial charge in [-0.05, 0) is 78.4 Å². The van der Waals surface area contributed by atoms with E-state index in [1.807, 2.05) is 66.7 Å². The van der Waals surface area contributed by atoms with Crippen molar-refractivity contribution in [2.75, 3.05) is 16.4 Å². The highest BCUT2D eigenvalue weighted by molar-refractivity contribution is 8.00. The number of benzene rings is 4. The number of nitrogens with one attached hydrogen (secondary N) is 2. The molecule has 2 N–H and O–H groups in total. The first-order chi connectivity index (χ1) is 16.0. The molecule has 2 amide bonds. The molecule has 0 aliphatic rings. The van der Waals surface area contributed by atoms with Crippen molar-refractivity contribution in [2.24, 2.45) is 0 Å². The minimum absolute atomic E-state index is 0.0136. The van der Waals surface area contributed by atoms with Crippen LogP contribution in [0, 0.1) is 0 Å². The van der Waals surface area contributed by atoms with Crippen molar-refractivity contribution in [1.29, 1.82) is 0 Å². The van der Waals surface area contributed by atoms with Gasteiger partial charge in [0, 0.05) is 27.4 Å². The standard InChI is InChI=1S/C27H22N2O3S/c1-18(30)19-8-10-23(11-9-19)28-26(31)17-33-25-14-12-24(13-15-25)29-27(32)22-7-6-20-4-2-3-5-21(20)16-22/h2-16H,17H2,1H3,(H,28,31)(H,29,32). The summed E-state index contributed by atoms with van der Waals surface area (Å²) in [5.41, 5.74) is 2.54. The van der Waals surface area contributed by atoms with Gasteiger partial charge in [-0.2, -0.15) is 0 Å². The summed E-state index contributed by atoms with van der Waals surface area (Å²) < 4.78 is 0. The smallest absolute Gasteiger partial charge is 0.255 e. The summed E-state index contributed by atoms with van der Waals surface area (Å²) in [6, 6.07) is 27.7. The number of hydrogen-bond donors (Lipinski definition) is 2. The molecule has 0 aromatic heterocycles. The fourth-order valence-electron chi connectivity index (χ4n) is 3.30. The van der Waals surface area contributed by atoms with Gasteiger partial charge in [-0.15, -0.1) is 11.8 Å². The zero-order valence-corrected chi connectivity index (χ0v) is 18.8. The third-order valence-corrected chi connectivity index (χ3v) is 6.08. The number of carbonyl (C=O) groups is 3. The Labute approximate surface area is 196 Å². The Bertz CT molecular complexity index is 1320. The molecule has 0 aliphatic heterocycles. The largest absolute Gasteiger partial charge is 0.325 e. The molecule has 0 saturated carbocycles. The van der Waals surface area contributed by atoms with Crippen LogP contribution < -0.4 is 10.6 Å². The van der Waals surface area contributed by atoms with Crippen molar-refractivity contribution in [3.05, 3.63) is 102 Å². The van der Waals surface area contributed by atoms with Gasteiger partial charge in [-0.3, -0.25) is 14.4 Å². The molecule has 0 aliphatic carbocycles. The van der Waals surface area contributed by atoms with Crippen LogP contribution in [0.1, 0.15) is 27.6 Å². The van der Waals surface area contributed by atoms with E-state index in [1.165, 1.54) is 18.7 Å². The summed E-state index contributed by atoms with van der Waals surface area (Å²) in [7, 11) is 0. The van der Waals surface area contributed by atoms with Crippen LogP contribution in [0.3, 0.4) is 0 Å². The van der Waals surface area contributed by atoms with Gasteiger partial charge in [0.15, 0.2) is 5.78 Å². The number of hydrogen-bond acceptors (Lipinski definition) is 4. The number of fused-ring (bicyclic) bond motifs is 1. The van der Waals surface area contributed by atoms with Crippen molar-refractivity contribution in [2.45, 2.75) is 11.8 Å². The lowest BCUT2D eigenvalue weighted by atomic mass is 10.1. The average molecular weight is 455 g/mol. The number of anilines is 2. The average Bonchev–Trinajstić information content (AvgIpc) is 2.83. The van der Waals surface area contributed by atoms with E-state index in [1.54, 1.807) is 24.3 Å². The highest BCUT2D eigenvalue weighted by Crippen LogP contribution is 2.22. The molecule has 4 aromatic carbocycles. The molecule has 33 heavy (non-hydrogen) atoms. The summed E-state index contributed by atoms with van der Waals surface area (Å²) in [5, 5.41) is 7.84. The fraction of sp³-hybridized carbons (Fsp3) is 0.0741. The van der Waals surface area contributed by atoms with E-state index in [0.29, 0.717) is 22.5 Å². The van der Waals surface area contributed by atoms with Crippen LogP contribution >= 0.6 is 11.8 Å². The minimum Gasteiger partial charge on any atom is -0.325 e. The molecule has 5 nitrogen and oxygen atoms in total. The topological polar surface area (TPSA) is 75.3 Å². The number of ketones is 1. The number of Topliss-reactive ketones (excluding diaryl/α,β-unsaturated/α-hetero) is 1. The predicted octanol–water partition coefficient (Wildman–Crippen LogP) is 6.03. The molecule has 0 saturated heterocycles. The van der Waals surface area contributed by atoms with Crippen LogP contribution in [0.15, 0.2) is 95.9 Å². The Balaban J connectivity index is 1.29. The molecule has 164 valence electrons. The van der Waals surface area contributed by atoms with E-state index in [2.05, 4.69) is 10.6 Å². The third kappa shape index (κ3) is 5.87. The Morgan fingerprint density at radius 3 is 2.00 bits per heavy atom. The van der Waals surface area contributed by atoms with Gasteiger partial charge in [0.2, 0.25) is 5.91 Å². The predicted molar refractivity (Wildman–Crippen MR) is 134 cm³/mol. The van der Waals surface area contributed by atoms with Crippen LogP contribution in [0.4, 0.5) is 11.4 Å². The van der Waals surface area contributed by atoms with Crippen molar-refractivity contribution >= 4 is 51.5 Å². The van der Waals surface area contributed by atoms with E-state index in [9.17, 15) is 14.4 Å². The third-order valence-electron chi connectivity index (χ3n) is 5.07. The first-order valence-corrected chi connectivity index (χ1v) is 11.4. The highest BCUT2D eigenvalue weighted by atomic mass is 32.2. The molecule has 4 rings (SSSR count). The van der Waals surface area contributed by atoms with Gasteiger partial charge in [0.25, 0.3) is 5.91 Å². The molecule has 0 atom stereocenters. The lowest BCUT2D eigenvalue weighted by Crippen LogP contribution is -2.14. The lowest BCUT2D eigenvalue weighted by Gasteiger charge is -2.08. The van der Waals surface area contributed by atoms with Gasteiger partial charge in [0.1, 0.15) is 0 Å². The molecule has 0 unspecified atom stereocenters. The Morgan fingerprint density at radius 2 is 1.30 bits per heavy atom. The van der Waals surface area contributed by atoms with E-state index < -0.39 is 0 Å². The summed E-state index contributed by atoms with van der Waals surface area (Å²) in [6.45, 7) is 1.50. The van der Waals surface area contributed by atoms with E-state index in [0.717, 1.165) is 15.7 Å². The maximum absolute atomic E-state index is 12.6. The summed E-state index contributed by atoms with van der Waals surface area (Å²) in [4.78, 5) is 37.1. The van der Waals surface area contributed by atoms with E-state index in [4.69, 9.17) is 0 Å².